The number of allylic oxidation sites excluding steroid dienone is 1. The third kappa shape index (κ3) is 11.4. The summed E-state index contributed by atoms with van der Waals surface area (Å²) in [6.45, 7) is 15.3. The van der Waals surface area contributed by atoms with Crippen molar-refractivity contribution in [3.05, 3.63) is 145 Å². The molecule has 11 nitrogen and oxygen atoms in total. The molecule has 1 aliphatic heterocycles. The Morgan fingerprint density at radius 3 is 2.39 bits per heavy atom. The van der Waals surface area contributed by atoms with Crippen LogP contribution in [-0.2, 0) is 32.2 Å². The van der Waals surface area contributed by atoms with Crippen LogP contribution in [-0.4, -0.2) is 84.0 Å². The zero-order chi connectivity index (χ0) is 46.5. The highest BCUT2D eigenvalue weighted by molar-refractivity contribution is 6.03. The molecule has 352 valence electrons. The number of carbonyl (C=O) groups is 1. The van der Waals surface area contributed by atoms with Gasteiger partial charge in [0.2, 0.25) is 5.79 Å². The lowest BCUT2D eigenvalue weighted by atomic mass is 9.55. The van der Waals surface area contributed by atoms with Crippen LogP contribution in [0.5, 0.6) is 11.5 Å². The first kappa shape index (κ1) is 48.5. The maximum absolute atomic E-state index is 15.2. The van der Waals surface area contributed by atoms with Gasteiger partial charge in [0.05, 0.1) is 38.0 Å². The van der Waals surface area contributed by atoms with Gasteiger partial charge < -0.3 is 38.7 Å². The predicted octanol–water partition coefficient (Wildman–Crippen LogP) is 10.7. The van der Waals surface area contributed by atoms with Gasteiger partial charge in [-0.05, 0) is 104 Å². The van der Waals surface area contributed by atoms with Crippen molar-refractivity contribution in [3.63, 3.8) is 0 Å². The second kappa shape index (κ2) is 22.8. The van der Waals surface area contributed by atoms with Crippen LogP contribution in [0.15, 0.2) is 133 Å². The van der Waals surface area contributed by atoms with E-state index < -0.39 is 29.4 Å². The molecule has 2 N–H and O–H groups in total. The first-order chi connectivity index (χ1) is 32.1. The number of fused-ring (bicyclic) bond motifs is 3. The predicted molar refractivity (Wildman–Crippen MR) is 258 cm³/mol. The molecule has 0 aromatic heterocycles. The van der Waals surface area contributed by atoms with Crippen molar-refractivity contribution in [2.75, 3.05) is 39.6 Å². The van der Waals surface area contributed by atoms with Gasteiger partial charge in [0, 0.05) is 31.1 Å². The topological polar surface area (TPSA) is 129 Å². The third-order valence-corrected chi connectivity index (χ3v) is 12.8. The Morgan fingerprint density at radius 1 is 0.894 bits per heavy atom. The van der Waals surface area contributed by atoms with Crippen molar-refractivity contribution in [1.29, 1.82) is 0 Å². The molecule has 6 atom stereocenters. The van der Waals surface area contributed by atoms with Gasteiger partial charge in [-0.1, -0.05) is 116 Å². The van der Waals surface area contributed by atoms with Crippen LogP contribution in [0.1, 0.15) is 88.3 Å². The van der Waals surface area contributed by atoms with Crippen LogP contribution in [0.2, 0.25) is 0 Å². The van der Waals surface area contributed by atoms with Gasteiger partial charge in [-0.2, -0.15) is 0 Å². The molecule has 7 rings (SSSR count). The van der Waals surface area contributed by atoms with E-state index in [1.165, 1.54) is 0 Å². The van der Waals surface area contributed by atoms with Gasteiger partial charge in [-0.3, -0.25) is 4.90 Å². The summed E-state index contributed by atoms with van der Waals surface area (Å²) in [5.41, 5.74) is 3.97. The maximum Gasteiger partial charge on any atom is 0.410 e. The van der Waals surface area contributed by atoms with E-state index in [1.807, 2.05) is 87.5 Å². The maximum atomic E-state index is 15.2. The summed E-state index contributed by atoms with van der Waals surface area (Å²) in [4.78, 5) is 23.3. The fraction of sp³-hybridized carbons (Fsp3) is 0.455. The zero-order valence-corrected chi connectivity index (χ0v) is 38.9. The number of nitrogens with zero attached hydrogens (tertiary/aromatic N) is 2. The first-order valence-corrected chi connectivity index (χ1v) is 23.6. The number of amides is 1. The Labute approximate surface area is 390 Å². The minimum atomic E-state index is -1.47. The molecular formula is C55H68N2O9. The van der Waals surface area contributed by atoms with Crippen molar-refractivity contribution in [2.45, 2.75) is 102 Å². The minimum Gasteiger partial charge on any atom is -0.490 e. The van der Waals surface area contributed by atoms with Crippen molar-refractivity contribution < 1.29 is 43.5 Å². The average molecular weight is 901 g/mol. The monoisotopic (exact) mass is 900 g/mol. The molecule has 4 aromatic carbocycles. The average Bonchev–Trinajstić information content (AvgIpc) is 3.32. The number of unbranched alkanes of at least 4 members (excludes halogenated alkanes) is 2. The summed E-state index contributed by atoms with van der Waals surface area (Å²) < 4.78 is 33.0. The van der Waals surface area contributed by atoms with E-state index in [2.05, 4.69) is 43.5 Å². The summed E-state index contributed by atoms with van der Waals surface area (Å²) >= 11 is 0. The summed E-state index contributed by atoms with van der Waals surface area (Å²) in [6.07, 6.45) is 10.1. The quantitative estimate of drug-likeness (QED) is 0.0425. The highest BCUT2D eigenvalue weighted by Gasteiger charge is 2.66. The number of aliphatic hydroxyl groups is 2. The van der Waals surface area contributed by atoms with Gasteiger partial charge >= 0.3 is 6.09 Å². The molecule has 1 heterocycles. The van der Waals surface area contributed by atoms with Crippen LogP contribution in [0.3, 0.4) is 0 Å². The number of oxime groups is 1. The molecule has 4 aromatic rings. The molecule has 0 radical (unpaired) electrons. The third-order valence-electron chi connectivity index (χ3n) is 12.8. The van der Waals surface area contributed by atoms with E-state index in [1.54, 1.807) is 17.1 Å². The Morgan fingerprint density at radius 2 is 1.64 bits per heavy atom. The van der Waals surface area contributed by atoms with E-state index in [4.69, 9.17) is 33.7 Å². The van der Waals surface area contributed by atoms with Crippen LogP contribution < -0.4 is 9.47 Å². The van der Waals surface area contributed by atoms with Crippen LogP contribution in [0.4, 0.5) is 4.79 Å². The zero-order valence-electron chi connectivity index (χ0n) is 38.9. The Hall–Kier alpha value is -5.46. The molecule has 6 unspecified atom stereocenters. The van der Waals surface area contributed by atoms with E-state index in [0.717, 1.165) is 58.7 Å². The van der Waals surface area contributed by atoms with Crippen molar-refractivity contribution in [1.82, 2.24) is 4.90 Å². The second-order valence-electron chi connectivity index (χ2n) is 18.5. The number of aliphatic hydroxyl groups excluding tert-OH is 2. The van der Waals surface area contributed by atoms with Crippen LogP contribution >= 0.6 is 0 Å². The molecule has 1 fully saturated rings. The number of benzene rings is 4. The van der Waals surface area contributed by atoms with Gasteiger partial charge in [0.1, 0.15) is 36.4 Å². The van der Waals surface area contributed by atoms with Crippen LogP contribution in [0, 0.1) is 17.8 Å². The fourth-order valence-corrected chi connectivity index (χ4v) is 10.0. The summed E-state index contributed by atoms with van der Waals surface area (Å²) in [5, 5.41) is 27.0. The first-order valence-electron chi connectivity index (χ1n) is 23.6. The lowest BCUT2D eigenvalue weighted by Gasteiger charge is -2.60. The lowest BCUT2D eigenvalue weighted by molar-refractivity contribution is -0.256. The molecule has 0 bridgehead atoms. The SMILES string of the molecule is C=CCOc1ccc2c(c1)C1C(CCCCO)C(CCCCO)C=C3C(=NOC(C)(C)C)CC(N(Cc4cccc5ccccc45)C(=O)OCCOCc4ccccc4)C(OCC=C)(O2)C31. The number of carbonyl (C=O) groups excluding carboxylic acids is 1. The summed E-state index contributed by atoms with van der Waals surface area (Å²) in [6, 6.07) is 29.3. The van der Waals surface area contributed by atoms with Crippen LogP contribution in [0.25, 0.3) is 10.8 Å². The Balaban J connectivity index is 1.41. The molecular weight excluding hydrogens is 833 g/mol. The van der Waals surface area contributed by atoms with Gasteiger partial charge in [-0.25, -0.2) is 4.79 Å². The second-order valence-corrected chi connectivity index (χ2v) is 18.5. The molecule has 0 saturated heterocycles. The molecule has 11 heteroatoms. The standard InChI is InChI=1S/C55H68N2O9/c1-6-30-62-43-26-27-49-47(35-43)51-45(25-14-16-29-59)41(21-13-15-28-58)34-46-48(56-66-54(3,4)5)36-50(55(65-49,52(46)51)64-31-7-2)57(37-42-23-17-22-40-20-11-12-24-44(40)42)53(60)63-33-32-61-38-39-18-9-8-10-19-39/h6-12,17-20,22-24,26-27,34-35,41,45,50-52,58-59H,1-2,13-16,21,25,28-33,36-38H2,3-5H3. The molecule has 2 aliphatic carbocycles. The highest BCUT2D eigenvalue weighted by Crippen LogP contribution is 2.62. The number of hydrogen-bond acceptors (Lipinski definition) is 10. The van der Waals surface area contributed by atoms with Gasteiger partial charge in [0.15, 0.2) is 0 Å². The molecule has 1 saturated carbocycles. The molecule has 66 heavy (non-hydrogen) atoms. The lowest BCUT2D eigenvalue weighted by Crippen LogP contribution is -2.70. The highest BCUT2D eigenvalue weighted by atomic mass is 16.7. The van der Waals surface area contributed by atoms with Gasteiger partial charge in [-0.15, -0.1) is 6.58 Å². The number of rotatable bonds is 23. The summed E-state index contributed by atoms with van der Waals surface area (Å²) in [5.74, 6) is -0.725. The smallest absolute Gasteiger partial charge is 0.410 e. The Kier molecular flexibility index (Phi) is 16.8. The number of ether oxygens (including phenoxy) is 5. The largest absolute Gasteiger partial charge is 0.490 e. The summed E-state index contributed by atoms with van der Waals surface area (Å²) in [7, 11) is 0. The van der Waals surface area contributed by atoms with Gasteiger partial charge in [0.25, 0.3) is 0 Å². The van der Waals surface area contributed by atoms with E-state index in [9.17, 15) is 10.2 Å². The fourth-order valence-electron chi connectivity index (χ4n) is 10.0. The number of hydrogen-bond donors (Lipinski definition) is 2. The molecule has 1 amide bonds. The van der Waals surface area contributed by atoms with Crippen molar-refractivity contribution >= 4 is 22.6 Å². The molecule has 0 spiro atoms. The van der Waals surface area contributed by atoms with E-state index in [-0.39, 0.29) is 63.8 Å². The normalized spacial score (nSPS) is 22.7. The van der Waals surface area contributed by atoms with Crippen molar-refractivity contribution in [2.24, 2.45) is 22.9 Å². The van der Waals surface area contributed by atoms with E-state index >= 15 is 4.79 Å². The van der Waals surface area contributed by atoms with Crippen molar-refractivity contribution in [3.8, 4) is 11.5 Å². The van der Waals surface area contributed by atoms with E-state index in [0.29, 0.717) is 43.3 Å². The minimum absolute atomic E-state index is 0.0237. The Bertz CT molecular complexity index is 2300. The molecule has 3 aliphatic rings.